The van der Waals surface area contributed by atoms with E-state index in [1.54, 1.807) is 12.1 Å². The Kier molecular flexibility index (Phi) is 4.91. The maximum Gasteiger partial charge on any atom is 0.269 e. The zero-order chi connectivity index (χ0) is 13.5. The van der Waals surface area contributed by atoms with Gasteiger partial charge >= 0.3 is 0 Å². The van der Waals surface area contributed by atoms with E-state index < -0.39 is 0 Å². The lowest BCUT2D eigenvalue weighted by atomic mass is 9.87. The van der Waals surface area contributed by atoms with Gasteiger partial charge in [0.15, 0.2) is 0 Å². The summed E-state index contributed by atoms with van der Waals surface area (Å²) in [5.74, 6) is 0.614. The highest BCUT2D eigenvalue weighted by Gasteiger charge is 2.13. The molecule has 1 aliphatic carbocycles. The van der Waals surface area contributed by atoms with E-state index in [-0.39, 0.29) is 5.91 Å². The van der Waals surface area contributed by atoms with E-state index in [4.69, 9.17) is 5.26 Å². The smallest absolute Gasteiger partial charge is 0.269 e. The largest absolute Gasteiger partial charge is 0.351 e. The lowest BCUT2D eigenvalue weighted by Crippen LogP contribution is -2.27. The molecule has 0 radical (unpaired) electrons. The number of rotatable bonds is 4. The van der Waals surface area contributed by atoms with Crippen LogP contribution in [-0.4, -0.2) is 17.4 Å². The molecule has 100 valence electrons. The molecule has 2 rings (SSSR count). The number of nitrogens with zero attached hydrogens (tertiary/aromatic N) is 2. The predicted octanol–water partition coefficient (Wildman–Crippen LogP) is 2.65. The Hall–Kier alpha value is -1.89. The molecule has 0 spiro atoms. The minimum Gasteiger partial charge on any atom is -0.351 e. The summed E-state index contributed by atoms with van der Waals surface area (Å²) in [5, 5.41) is 11.6. The molecule has 1 heterocycles. The maximum atomic E-state index is 11.8. The van der Waals surface area contributed by atoms with Gasteiger partial charge in [-0.3, -0.25) is 4.79 Å². The van der Waals surface area contributed by atoms with Crippen LogP contribution < -0.4 is 5.32 Å². The van der Waals surface area contributed by atoms with Crippen LogP contribution in [0.1, 0.15) is 54.6 Å². The van der Waals surface area contributed by atoms with Crippen molar-refractivity contribution in [3.8, 4) is 6.07 Å². The average molecular weight is 257 g/mol. The van der Waals surface area contributed by atoms with Crippen molar-refractivity contribution in [3.63, 3.8) is 0 Å². The van der Waals surface area contributed by atoms with Crippen LogP contribution in [0, 0.1) is 17.2 Å². The monoisotopic (exact) mass is 257 g/mol. The number of pyridine rings is 1. The molecule has 1 saturated carbocycles. The molecule has 4 heteroatoms. The number of hydrogen-bond donors (Lipinski definition) is 1. The van der Waals surface area contributed by atoms with Gasteiger partial charge in [-0.2, -0.15) is 5.26 Å². The van der Waals surface area contributed by atoms with Gasteiger partial charge < -0.3 is 5.32 Å². The second kappa shape index (κ2) is 6.89. The Morgan fingerprint density at radius 1 is 1.37 bits per heavy atom. The number of nitrogens with one attached hydrogen (secondary N) is 1. The molecule has 4 nitrogen and oxygen atoms in total. The van der Waals surface area contributed by atoms with Gasteiger partial charge in [0.25, 0.3) is 5.91 Å². The molecule has 0 aromatic carbocycles. The topological polar surface area (TPSA) is 65.8 Å². The van der Waals surface area contributed by atoms with Crippen LogP contribution >= 0.6 is 0 Å². The molecular weight excluding hydrogens is 238 g/mol. The first kappa shape index (κ1) is 13.5. The molecular formula is C15H19N3O. The summed E-state index contributed by atoms with van der Waals surface area (Å²) in [5.41, 5.74) is 0.849. The molecule has 1 N–H and O–H groups in total. The fraction of sp³-hybridized carbons (Fsp3) is 0.533. The van der Waals surface area contributed by atoms with E-state index >= 15 is 0 Å². The molecule has 1 amide bonds. The van der Waals surface area contributed by atoms with Gasteiger partial charge in [-0.05, 0) is 24.5 Å². The third kappa shape index (κ3) is 4.06. The van der Waals surface area contributed by atoms with Crippen LogP contribution in [0.4, 0.5) is 0 Å². The summed E-state index contributed by atoms with van der Waals surface area (Å²) in [4.78, 5) is 15.8. The first-order chi connectivity index (χ1) is 9.29. The fourth-order valence-corrected chi connectivity index (χ4v) is 2.55. The second-order valence-electron chi connectivity index (χ2n) is 5.09. The van der Waals surface area contributed by atoms with E-state index in [1.165, 1.54) is 38.3 Å². The normalized spacial score (nSPS) is 15.7. The Bertz CT molecular complexity index is 455. The van der Waals surface area contributed by atoms with Crippen LogP contribution in [0.15, 0.2) is 18.3 Å². The van der Waals surface area contributed by atoms with Crippen molar-refractivity contribution in [1.82, 2.24) is 10.3 Å². The highest BCUT2D eigenvalue weighted by atomic mass is 16.1. The fourth-order valence-electron chi connectivity index (χ4n) is 2.55. The highest BCUT2D eigenvalue weighted by Crippen LogP contribution is 2.25. The Labute approximate surface area is 113 Å². The van der Waals surface area contributed by atoms with Gasteiger partial charge in [0.05, 0.1) is 5.56 Å². The summed E-state index contributed by atoms with van der Waals surface area (Å²) in [6.45, 7) is 0.713. The molecule has 19 heavy (non-hydrogen) atoms. The average Bonchev–Trinajstić information content (AvgIpc) is 2.48. The van der Waals surface area contributed by atoms with Crippen molar-refractivity contribution in [2.24, 2.45) is 5.92 Å². The first-order valence-corrected chi connectivity index (χ1v) is 6.94. The zero-order valence-corrected chi connectivity index (χ0v) is 11.1. The summed E-state index contributed by atoms with van der Waals surface area (Å²) >= 11 is 0. The van der Waals surface area contributed by atoms with Crippen LogP contribution in [0.3, 0.4) is 0 Å². The summed E-state index contributed by atoms with van der Waals surface area (Å²) < 4.78 is 0. The summed E-state index contributed by atoms with van der Waals surface area (Å²) in [6.07, 6.45) is 9.09. The SMILES string of the molecule is N#Cc1ccc(C(=O)NCCC2CCCCC2)nc1. The minimum atomic E-state index is -0.153. The van der Waals surface area contributed by atoms with Crippen molar-refractivity contribution in [3.05, 3.63) is 29.6 Å². The Morgan fingerprint density at radius 3 is 2.79 bits per heavy atom. The van der Waals surface area contributed by atoms with Gasteiger partial charge in [0, 0.05) is 12.7 Å². The van der Waals surface area contributed by atoms with Crippen molar-refractivity contribution >= 4 is 5.91 Å². The van der Waals surface area contributed by atoms with Gasteiger partial charge in [-0.15, -0.1) is 0 Å². The third-order valence-corrected chi connectivity index (χ3v) is 3.69. The number of amides is 1. The van der Waals surface area contributed by atoms with Crippen LogP contribution in [0.25, 0.3) is 0 Å². The summed E-state index contributed by atoms with van der Waals surface area (Å²) in [6, 6.07) is 5.19. The highest BCUT2D eigenvalue weighted by molar-refractivity contribution is 5.92. The number of nitriles is 1. The standard InChI is InChI=1S/C15H19N3O/c16-10-13-6-7-14(18-11-13)15(19)17-9-8-12-4-2-1-3-5-12/h6-7,11-12H,1-5,8-9H2,(H,17,19). The Balaban J connectivity index is 1.75. The number of hydrogen-bond acceptors (Lipinski definition) is 3. The van der Waals surface area contributed by atoms with Crippen LogP contribution in [-0.2, 0) is 0 Å². The van der Waals surface area contributed by atoms with E-state index in [9.17, 15) is 4.79 Å². The van der Waals surface area contributed by atoms with E-state index in [0.717, 1.165) is 12.3 Å². The maximum absolute atomic E-state index is 11.8. The molecule has 1 aliphatic rings. The lowest BCUT2D eigenvalue weighted by Gasteiger charge is -2.21. The van der Waals surface area contributed by atoms with E-state index in [0.29, 0.717) is 17.8 Å². The van der Waals surface area contributed by atoms with Crippen molar-refractivity contribution in [2.75, 3.05) is 6.54 Å². The van der Waals surface area contributed by atoms with Gasteiger partial charge in [-0.25, -0.2) is 4.98 Å². The number of aromatic nitrogens is 1. The van der Waals surface area contributed by atoms with Gasteiger partial charge in [-0.1, -0.05) is 32.1 Å². The molecule has 1 fully saturated rings. The molecule has 0 aliphatic heterocycles. The lowest BCUT2D eigenvalue weighted by molar-refractivity contribution is 0.0945. The van der Waals surface area contributed by atoms with E-state index in [2.05, 4.69) is 10.3 Å². The predicted molar refractivity (Wildman–Crippen MR) is 72.5 cm³/mol. The van der Waals surface area contributed by atoms with Crippen LogP contribution in [0.5, 0.6) is 0 Å². The minimum absolute atomic E-state index is 0.153. The van der Waals surface area contributed by atoms with E-state index in [1.807, 2.05) is 6.07 Å². The number of carbonyl (C=O) groups excluding carboxylic acids is 1. The second-order valence-corrected chi connectivity index (χ2v) is 5.09. The van der Waals surface area contributed by atoms with Crippen molar-refractivity contribution in [2.45, 2.75) is 38.5 Å². The molecule has 0 atom stereocenters. The number of carbonyl (C=O) groups is 1. The van der Waals surface area contributed by atoms with Gasteiger partial charge in [0.2, 0.25) is 0 Å². The van der Waals surface area contributed by atoms with Crippen molar-refractivity contribution in [1.29, 1.82) is 5.26 Å². The molecule has 1 aromatic heterocycles. The third-order valence-electron chi connectivity index (χ3n) is 3.69. The quantitative estimate of drug-likeness (QED) is 0.901. The zero-order valence-electron chi connectivity index (χ0n) is 11.1. The summed E-state index contributed by atoms with van der Waals surface area (Å²) in [7, 11) is 0. The first-order valence-electron chi connectivity index (χ1n) is 6.94. The molecule has 1 aromatic rings. The molecule has 0 bridgehead atoms. The molecule has 0 saturated heterocycles. The Morgan fingerprint density at radius 2 is 2.16 bits per heavy atom. The van der Waals surface area contributed by atoms with Crippen molar-refractivity contribution < 1.29 is 4.79 Å². The van der Waals surface area contributed by atoms with Crippen LogP contribution in [0.2, 0.25) is 0 Å². The van der Waals surface area contributed by atoms with Gasteiger partial charge in [0.1, 0.15) is 11.8 Å². The molecule has 0 unspecified atom stereocenters.